The van der Waals surface area contributed by atoms with Crippen molar-refractivity contribution < 1.29 is 14.3 Å². The van der Waals surface area contributed by atoms with Gasteiger partial charge in [-0.15, -0.1) is 0 Å². The number of hydrogen-bond donors (Lipinski definition) is 3. The van der Waals surface area contributed by atoms with E-state index in [4.69, 9.17) is 16.2 Å². The van der Waals surface area contributed by atoms with Gasteiger partial charge >= 0.3 is 6.09 Å². The summed E-state index contributed by atoms with van der Waals surface area (Å²) in [6.07, 6.45) is 1.27. The maximum atomic E-state index is 11.6. The summed E-state index contributed by atoms with van der Waals surface area (Å²) in [6, 6.07) is 8.49. The lowest BCUT2D eigenvalue weighted by Gasteiger charge is -2.11. The summed E-state index contributed by atoms with van der Waals surface area (Å²) >= 11 is 0. The largest absolute Gasteiger partial charge is 0.444 e. The maximum Gasteiger partial charge on any atom is 0.414 e. The zero-order valence-electron chi connectivity index (χ0n) is 11.4. The number of carbonyl (C=O) groups excluding carboxylic acids is 2. The van der Waals surface area contributed by atoms with Gasteiger partial charge in [0.2, 0.25) is 5.91 Å². The molecular formula is C14H21N3O3. The van der Waals surface area contributed by atoms with Gasteiger partial charge in [-0.1, -0.05) is 36.8 Å². The second-order valence-electron chi connectivity index (χ2n) is 4.44. The number of imide groups is 1. The van der Waals surface area contributed by atoms with Gasteiger partial charge in [-0.3, -0.25) is 10.1 Å². The first-order chi connectivity index (χ1) is 9.63. The Morgan fingerprint density at radius 3 is 2.55 bits per heavy atom. The van der Waals surface area contributed by atoms with E-state index in [0.29, 0.717) is 13.0 Å². The van der Waals surface area contributed by atoms with Crippen LogP contribution in [0, 0.1) is 0 Å². The Labute approximate surface area is 118 Å². The van der Waals surface area contributed by atoms with Crippen LogP contribution >= 0.6 is 0 Å². The molecule has 0 spiro atoms. The predicted octanol–water partition coefficient (Wildman–Crippen LogP) is 0.896. The Morgan fingerprint density at radius 2 is 1.90 bits per heavy atom. The molecule has 1 atom stereocenters. The lowest BCUT2D eigenvalue weighted by molar-refractivity contribution is -0.121. The van der Waals surface area contributed by atoms with E-state index >= 15 is 0 Å². The van der Waals surface area contributed by atoms with E-state index in [0.717, 1.165) is 18.4 Å². The van der Waals surface area contributed by atoms with Gasteiger partial charge in [0.25, 0.3) is 0 Å². The van der Waals surface area contributed by atoms with E-state index in [-0.39, 0.29) is 6.61 Å². The quantitative estimate of drug-likeness (QED) is 0.643. The molecule has 20 heavy (non-hydrogen) atoms. The van der Waals surface area contributed by atoms with Crippen molar-refractivity contribution in [2.45, 2.75) is 31.9 Å². The first-order valence-corrected chi connectivity index (χ1v) is 6.60. The molecular weight excluding hydrogens is 258 g/mol. The zero-order valence-corrected chi connectivity index (χ0v) is 11.4. The van der Waals surface area contributed by atoms with Gasteiger partial charge in [0.1, 0.15) is 6.61 Å². The molecule has 0 aliphatic rings. The molecule has 5 N–H and O–H groups in total. The summed E-state index contributed by atoms with van der Waals surface area (Å²) in [5.41, 5.74) is 11.9. The van der Waals surface area contributed by atoms with Crippen LogP contribution in [-0.4, -0.2) is 24.6 Å². The van der Waals surface area contributed by atoms with E-state index < -0.39 is 18.0 Å². The van der Waals surface area contributed by atoms with Crippen LogP contribution in [0.3, 0.4) is 0 Å². The molecule has 0 aliphatic heterocycles. The van der Waals surface area contributed by atoms with E-state index in [1.54, 1.807) is 0 Å². The van der Waals surface area contributed by atoms with E-state index in [9.17, 15) is 9.59 Å². The highest BCUT2D eigenvalue weighted by atomic mass is 16.5. The Kier molecular flexibility index (Phi) is 7.31. The Balaban J connectivity index is 2.25. The number of hydrogen-bond acceptors (Lipinski definition) is 5. The molecule has 2 amide bonds. The molecule has 1 rings (SSSR count). The molecule has 1 aromatic carbocycles. The number of alkyl carbamates (subject to hydrolysis) is 1. The minimum atomic E-state index is -0.784. The molecule has 110 valence electrons. The summed E-state index contributed by atoms with van der Waals surface area (Å²) in [6.45, 7) is 0.676. The monoisotopic (exact) mass is 279 g/mol. The highest BCUT2D eigenvalue weighted by Crippen LogP contribution is 2.01. The minimum absolute atomic E-state index is 0.113. The van der Waals surface area contributed by atoms with Crippen molar-refractivity contribution in [2.75, 3.05) is 6.54 Å². The predicted molar refractivity (Wildman–Crippen MR) is 75.7 cm³/mol. The van der Waals surface area contributed by atoms with Crippen molar-refractivity contribution in [1.82, 2.24) is 5.32 Å². The summed E-state index contributed by atoms with van der Waals surface area (Å²) < 4.78 is 4.93. The van der Waals surface area contributed by atoms with Gasteiger partial charge in [0.05, 0.1) is 6.04 Å². The fraction of sp³-hybridized carbons (Fsp3) is 0.429. The number of unbranched alkanes of at least 4 members (excludes halogenated alkanes) is 1. The Bertz CT molecular complexity index is 423. The number of benzene rings is 1. The lowest BCUT2D eigenvalue weighted by atomic mass is 10.1. The zero-order chi connectivity index (χ0) is 14.8. The van der Waals surface area contributed by atoms with Gasteiger partial charge in [-0.05, 0) is 24.9 Å². The van der Waals surface area contributed by atoms with E-state index in [1.807, 2.05) is 30.3 Å². The highest BCUT2D eigenvalue weighted by molar-refractivity contribution is 5.94. The van der Waals surface area contributed by atoms with E-state index in [1.165, 1.54) is 0 Å². The molecule has 0 bridgehead atoms. The molecule has 0 aliphatic carbocycles. The third-order valence-corrected chi connectivity index (χ3v) is 2.74. The van der Waals surface area contributed by atoms with Crippen molar-refractivity contribution >= 4 is 12.0 Å². The van der Waals surface area contributed by atoms with Crippen molar-refractivity contribution in [3.63, 3.8) is 0 Å². The molecule has 0 heterocycles. The van der Waals surface area contributed by atoms with Gasteiger partial charge in [-0.2, -0.15) is 0 Å². The average Bonchev–Trinajstić information content (AvgIpc) is 2.46. The summed E-state index contributed by atoms with van der Waals surface area (Å²) in [4.78, 5) is 23.0. The van der Waals surface area contributed by atoms with Crippen LogP contribution in [0.5, 0.6) is 0 Å². The molecule has 0 saturated heterocycles. The van der Waals surface area contributed by atoms with Crippen molar-refractivity contribution in [1.29, 1.82) is 0 Å². The molecule has 0 aromatic heterocycles. The number of nitrogens with two attached hydrogens (primary N) is 2. The molecule has 6 nitrogen and oxygen atoms in total. The van der Waals surface area contributed by atoms with Crippen LogP contribution in [0.2, 0.25) is 0 Å². The lowest BCUT2D eigenvalue weighted by Crippen LogP contribution is -2.43. The number of ether oxygens (including phenoxy) is 1. The van der Waals surface area contributed by atoms with Crippen molar-refractivity contribution in [2.24, 2.45) is 11.5 Å². The minimum Gasteiger partial charge on any atom is -0.444 e. The third-order valence-electron chi connectivity index (χ3n) is 2.74. The molecule has 0 radical (unpaired) electrons. The molecule has 1 aromatic rings. The first-order valence-electron chi connectivity index (χ1n) is 6.60. The van der Waals surface area contributed by atoms with Crippen LogP contribution in [-0.2, 0) is 16.1 Å². The van der Waals surface area contributed by atoms with Crippen LogP contribution in [0.25, 0.3) is 0 Å². The second-order valence-corrected chi connectivity index (χ2v) is 4.44. The summed E-state index contributed by atoms with van der Waals surface area (Å²) in [5, 5.41) is 2.12. The molecule has 6 heteroatoms. The number of carbonyl (C=O) groups is 2. The number of amides is 2. The Hall–Kier alpha value is -1.92. The average molecular weight is 279 g/mol. The van der Waals surface area contributed by atoms with Gasteiger partial charge < -0.3 is 16.2 Å². The first kappa shape index (κ1) is 16.1. The standard InChI is InChI=1S/C14H21N3O3/c15-9-5-4-8-12(16)13(18)17-14(19)20-10-11-6-2-1-3-7-11/h1-3,6-7,12H,4-5,8-10,15-16H2,(H,17,18,19). The smallest absolute Gasteiger partial charge is 0.414 e. The number of nitrogens with one attached hydrogen (secondary N) is 1. The van der Waals surface area contributed by atoms with Crippen LogP contribution in [0.4, 0.5) is 4.79 Å². The summed E-state index contributed by atoms with van der Waals surface area (Å²) in [5.74, 6) is -0.528. The summed E-state index contributed by atoms with van der Waals surface area (Å²) in [7, 11) is 0. The normalized spacial score (nSPS) is 11.7. The fourth-order valence-corrected chi connectivity index (χ4v) is 1.59. The van der Waals surface area contributed by atoms with Gasteiger partial charge in [0.15, 0.2) is 0 Å². The van der Waals surface area contributed by atoms with Crippen LogP contribution < -0.4 is 16.8 Å². The third kappa shape index (κ3) is 6.31. The molecule has 1 unspecified atom stereocenters. The SMILES string of the molecule is NCCCCC(N)C(=O)NC(=O)OCc1ccccc1. The van der Waals surface area contributed by atoms with Crippen molar-refractivity contribution in [3.05, 3.63) is 35.9 Å². The Morgan fingerprint density at radius 1 is 1.20 bits per heavy atom. The van der Waals surface area contributed by atoms with Crippen LogP contribution in [0.15, 0.2) is 30.3 Å². The number of rotatable bonds is 7. The highest BCUT2D eigenvalue weighted by Gasteiger charge is 2.16. The molecule has 0 fully saturated rings. The second kappa shape index (κ2) is 9.06. The van der Waals surface area contributed by atoms with Crippen molar-refractivity contribution in [3.8, 4) is 0 Å². The van der Waals surface area contributed by atoms with Gasteiger partial charge in [0, 0.05) is 0 Å². The topological polar surface area (TPSA) is 107 Å². The van der Waals surface area contributed by atoms with E-state index in [2.05, 4.69) is 5.32 Å². The van der Waals surface area contributed by atoms with Crippen LogP contribution in [0.1, 0.15) is 24.8 Å². The fourth-order valence-electron chi connectivity index (χ4n) is 1.59. The maximum absolute atomic E-state index is 11.6. The molecule has 0 saturated carbocycles. The van der Waals surface area contributed by atoms with Gasteiger partial charge in [-0.25, -0.2) is 4.79 Å².